The Balaban J connectivity index is 1.61. The first kappa shape index (κ1) is 23.3. The zero-order valence-electron chi connectivity index (χ0n) is 18.7. The lowest BCUT2D eigenvalue weighted by molar-refractivity contribution is -0.132. The SMILES string of the molecule is COCCNC(=O)[C@H](NC(=O)C1CCCC1)C1CCN(C(=O)c2ccc(C)cc2)CC1. The van der Waals surface area contributed by atoms with Crippen LogP contribution in [0.5, 0.6) is 0 Å². The highest BCUT2D eigenvalue weighted by Gasteiger charge is 2.35. The smallest absolute Gasteiger partial charge is 0.253 e. The van der Waals surface area contributed by atoms with Crippen LogP contribution in [0.1, 0.15) is 54.4 Å². The largest absolute Gasteiger partial charge is 0.383 e. The molecule has 31 heavy (non-hydrogen) atoms. The number of rotatable bonds is 8. The molecule has 0 spiro atoms. The molecule has 1 heterocycles. The number of aryl methyl sites for hydroxylation is 1. The number of nitrogens with one attached hydrogen (secondary N) is 2. The predicted octanol–water partition coefficient (Wildman–Crippen LogP) is 2.28. The van der Waals surface area contributed by atoms with Gasteiger partial charge in [0, 0.05) is 38.2 Å². The molecule has 0 unspecified atom stereocenters. The van der Waals surface area contributed by atoms with Gasteiger partial charge in [-0.3, -0.25) is 14.4 Å². The third-order valence-corrected chi connectivity index (χ3v) is 6.51. The normalized spacial score (nSPS) is 18.6. The molecule has 2 N–H and O–H groups in total. The number of benzene rings is 1. The molecule has 7 nitrogen and oxygen atoms in total. The minimum atomic E-state index is -0.568. The van der Waals surface area contributed by atoms with Crippen molar-refractivity contribution in [3.63, 3.8) is 0 Å². The van der Waals surface area contributed by atoms with Gasteiger partial charge in [-0.25, -0.2) is 0 Å². The maximum atomic E-state index is 12.9. The van der Waals surface area contributed by atoms with Crippen LogP contribution in [0.3, 0.4) is 0 Å². The zero-order valence-corrected chi connectivity index (χ0v) is 18.7. The molecule has 0 aromatic heterocycles. The fourth-order valence-electron chi connectivity index (χ4n) is 4.56. The molecule has 1 saturated carbocycles. The van der Waals surface area contributed by atoms with E-state index in [1.165, 1.54) is 0 Å². The second-order valence-electron chi connectivity index (χ2n) is 8.75. The lowest BCUT2D eigenvalue weighted by Gasteiger charge is -2.36. The number of nitrogens with zero attached hydrogens (tertiary/aromatic N) is 1. The van der Waals surface area contributed by atoms with Gasteiger partial charge in [0.25, 0.3) is 5.91 Å². The minimum absolute atomic E-state index is 0.00923. The Bertz CT molecular complexity index is 751. The molecule has 2 aliphatic rings. The van der Waals surface area contributed by atoms with Crippen molar-refractivity contribution in [3.8, 4) is 0 Å². The fraction of sp³-hybridized carbons (Fsp3) is 0.625. The molecule has 1 atom stereocenters. The summed E-state index contributed by atoms with van der Waals surface area (Å²) in [4.78, 5) is 40.3. The van der Waals surface area contributed by atoms with E-state index in [4.69, 9.17) is 4.74 Å². The van der Waals surface area contributed by atoms with E-state index in [1.54, 1.807) is 7.11 Å². The third-order valence-electron chi connectivity index (χ3n) is 6.51. The second kappa shape index (κ2) is 11.3. The molecule has 1 aromatic carbocycles. The van der Waals surface area contributed by atoms with E-state index in [1.807, 2.05) is 36.1 Å². The summed E-state index contributed by atoms with van der Waals surface area (Å²) in [5, 5.41) is 5.92. The van der Waals surface area contributed by atoms with Crippen molar-refractivity contribution in [2.24, 2.45) is 11.8 Å². The van der Waals surface area contributed by atoms with Crippen LogP contribution in [0.2, 0.25) is 0 Å². The number of methoxy groups -OCH3 is 1. The summed E-state index contributed by atoms with van der Waals surface area (Å²) in [6.45, 7) is 4.00. The Morgan fingerprint density at radius 2 is 1.71 bits per heavy atom. The molecule has 3 rings (SSSR count). The Labute approximate surface area is 184 Å². The first-order chi connectivity index (χ1) is 15.0. The molecule has 1 aliphatic carbocycles. The van der Waals surface area contributed by atoms with Gasteiger partial charge in [-0.2, -0.15) is 0 Å². The van der Waals surface area contributed by atoms with Gasteiger partial charge in [0.1, 0.15) is 6.04 Å². The summed E-state index contributed by atoms with van der Waals surface area (Å²) in [6.07, 6.45) is 5.31. The van der Waals surface area contributed by atoms with Crippen molar-refractivity contribution < 1.29 is 19.1 Å². The average Bonchev–Trinajstić information content (AvgIpc) is 3.33. The molecular weight excluding hydrogens is 394 g/mol. The maximum absolute atomic E-state index is 12.9. The van der Waals surface area contributed by atoms with E-state index < -0.39 is 6.04 Å². The molecule has 0 radical (unpaired) electrons. The monoisotopic (exact) mass is 429 g/mol. The average molecular weight is 430 g/mol. The van der Waals surface area contributed by atoms with Crippen molar-refractivity contribution >= 4 is 17.7 Å². The Morgan fingerprint density at radius 3 is 2.32 bits per heavy atom. The van der Waals surface area contributed by atoms with Crippen LogP contribution in [0, 0.1) is 18.8 Å². The van der Waals surface area contributed by atoms with Gasteiger partial charge in [0.15, 0.2) is 0 Å². The van der Waals surface area contributed by atoms with E-state index in [0.29, 0.717) is 44.6 Å². The van der Waals surface area contributed by atoms with Crippen molar-refractivity contribution in [2.45, 2.75) is 51.5 Å². The highest BCUT2D eigenvalue weighted by Crippen LogP contribution is 2.27. The Kier molecular flexibility index (Phi) is 8.46. The molecule has 3 amide bonds. The maximum Gasteiger partial charge on any atom is 0.253 e. The van der Waals surface area contributed by atoms with Gasteiger partial charge < -0.3 is 20.3 Å². The summed E-state index contributed by atoms with van der Waals surface area (Å²) >= 11 is 0. The van der Waals surface area contributed by atoms with Crippen LogP contribution in [0.4, 0.5) is 0 Å². The first-order valence-corrected chi connectivity index (χ1v) is 11.4. The van der Waals surface area contributed by atoms with E-state index in [-0.39, 0.29) is 29.6 Å². The van der Waals surface area contributed by atoms with Crippen LogP contribution in [0.25, 0.3) is 0 Å². The van der Waals surface area contributed by atoms with E-state index in [9.17, 15) is 14.4 Å². The first-order valence-electron chi connectivity index (χ1n) is 11.4. The number of hydrogen-bond acceptors (Lipinski definition) is 4. The van der Waals surface area contributed by atoms with E-state index in [0.717, 1.165) is 31.2 Å². The molecular formula is C24H35N3O4. The third kappa shape index (κ3) is 6.29. The summed E-state index contributed by atoms with van der Waals surface area (Å²) in [7, 11) is 1.59. The van der Waals surface area contributed by atoms with Crippen molar-refractivity contribution in [1.82, 2.24) is 15.5 Å². The number of carbonyl (C=O) groups is 3. The van der Waals surface area contributed by atoms with Crippen molar-refractivity contribution in [2.75, 3.05) is 33.4 Å². The summed E-state index contributed by atoms with van der Waals surface area (Å²) in [6, 6.07) is 7.04. The molecule has 7 heteroatoms. The summed E-state index contributed by atoms with van der Waals surface area (Å²) in [5.74, 6) is -0.128. The fourth-order valence-corrected chi connectivity index (χ4v) is 4.56. The lowest BCUT2D eigenvalue weighted by atomic mass is 9.88. The topological polar surface area (TPSA) is 87.7 Å². The van der Waals surface area contributed by atoms with Crippen molar-refractivity contribution in [3.05, 3.63) is 35.4 Å². The van der Waals surface area contributed by atoms with Crippen LogP contribution < -0.4 is 10.6 Å². The molecule has 1 aromatic rings. The Morgan fingerprint density at radius 1 is 1.06 bits per heavy atom. The lowest BCUT2D eigenvalue weighted by Crippen LogP contribution is -2.55. The highest BCUT2D eigenvalue weighted by atomic mass is 16.5. The van der Waals surface area contributed by atoms with Gasteiger partial charge in [0.05, 0.1) is 6.61 Å². The van der Waals surface area contributed by atoms with Gasteiger partial charge in [-0.1, -0.05) is 30.5 Å². The summed E-state index contributed by atoms with van der Waals surface area (Å²) < 4.78 is 5.02. The number of ether oxygens (including phenoxy) is 1. The van der Waals surface area contributed by atoms with Gasteiger partial charge in [-0.05, 0) is 50.7 Å². The van der Waals surface area contributed by atoms with Gasteiger partial charge in [-0.15, -0.1) is 0 Å². The second-order valence-corrected chi connectivity index (χ2v) is 8.75. The standard InChI is InChI=1S/C24H35N3O4/c1-17-7-9-20(10-8-17)24(30)27-14-11-18(12-15-27)21(23(29)25-13-16-31-2)26-22(28)19-5-3-4-6-19/h7-10,18-19,21H,3-6,11-16H2,1-2H3,(H,25,29)(H,26,28)/t21-/m1/s1. The van der Waals surface area contributed by atoms with E-state index >= 15 is 0 Å². The van der Waals surface area contributed by atoms with Crippen LogP contribution in [-0.2, 0) is 14.3 Å². The predicted molar refractivity (Wildman–Crippen MR) is 119 cm³/mol. The molecule has 1 saturated heterocycles. The van der Waals surface area contributed by atoms with Crippen LogP contribution >= 0.6 is 0 Å². The minimum Gasteiger partial charge on any atom is -0.383 e. The van der Waals surface area contributed by atoms with Crippen LogP contribution in [0.15, 0.2) is 24.3 Å². The number of carbonyl (C=O) groups excluding carboxylic acids is 3. The molecule has 170 valence electrons. The molecule has 1 aliphatic heterocycles. The number of likely N-dealkylation sites (tertiary alicyclic amines) is 1. The zero-order chi connectivity index (χ0) is 22.2. The Hall–Kier alpha value is -2.41. The highest BCUT2D eigenvalue weighted by molar-refractivity contribution is 5.94. The number of amides is 3. The molecule has 0 bridgehead atoms. The molecule has 2 fully saturated rings. The van der Waals surface area contributed by atoms with Crippen molar-refractivity contribution in [1.29, 1.82) is 0 Å². The summed E-state index contributed by atoms with van der Waals surface area (Å²) in [5.41, 5.74) is 1.81. The number of piperidine rings is 1. The van der Waals surface area contributed by atoms with Gasteiger partial charge in [0.2, 0.25) is 11.8 Å². The van der Waals surface area contributed by atoms with Gasteiger partial charge >= 0.3 is 0 Å². The quantitative estimate of drug-likeness (QED) is 0.621. The van der Waals surface area contributed by atoms with E-state index in [2.05, 4.69) is 10.6 Å². The van der Waals surface area contributed by atoms with Crippen LogP contribution in [-0.4, -0.2) is 62.0 Å². The number of hydrogen-bond donors (Lipinski definition) is 2.